The van der Waals surface area contributed by atoms with E-state index in [0.717, 1.165) is 44.8 Å². The van der Waals surface area contributed by atoms with E-state index in [0.29, 0.717) is 18.5 Å². The summed E-state index contributed by atoms with van der Waals surface area (Å²) in [6.45, 7) is 5.23. The summed E-state index contributed by atoms with van der Waals surface area (Å²) in [6.07, 6.45) is 0.949. The van der Waals surface area contributed by atoms with E-state index in [4.69, 9.17) is 10.00 Å². The third kappa shape index (κ3) is 5.91. The van der Waals surface area contributed by atoms with Crippen molar-refractivity contribution in [3.8, 4) is 6.07 Å². The fourth-order valence-electron chi connectivity index (χ4n) is 4.32. The largest absolute Gasteiger partial charge is 0.370 e. The molecule has 9 heteroatoms. The highest BCUT2D eigenvalue weighted by atomic mass is 32.2. The van der Waals surface area contributed by atoms with Gasteiger partial charge in [0.15, 0.2) is 0 Å². The van der Waals surface area contributed by atoms with Crippen LogP contribution in [0.2, 0.25) is 0 Å². The van der Waals surface area contributed by atoms with Crippen LogP contribution in [-0.4, -0.2) is 69.7 Å². The minimum atomic E-state index is -3.58. The number of morpholine rings is 2. The topological polar surface area (TPSA) is 85.7 Å². The molecular weight excluding hydrogens is 431 g/mol. The Labute approximate surface area is 188 Å². The lowest BCUT2D eigenvalue weighted by molar-refractivity contribution is -0.140. The Morgan fingerprint density at radius 2 is 1.62 bits per heavy atom. The molecule has 7 nitrogen and oxygen atoms in total. The molecule has 2 aliphatic rings. The number of nitriles is 1. The van der Waals surface area contributed by atoms with Crippen molar-refractivity contribution in [1.82, 2.24) is 14.5 Å². The lowest BCUT2D eigenvalue weighted by Gasteiger charge is -2.46. The SMILES string of the molecule is N#Cc1ccc(S(=O)(=O)NCCCN2CC3CN(Cc4ccc(F)cc4)CC(C2)O3)cc1. The molecule has 2 fully saturated rings. The van der Waals surface area contributed by atoms with Gasteiger partial charge in [0.2, 0.25) is 10.0 Å². The molecule has 32 heavy (non-hydrogen) atoms. The Morgan fingerprint density at radius 1 is 1.00 bits per heavy atom. The van der Waals surface area contributed by atoms with Gasteiger partial charge in [-0.1, -0.05) is 12.1 Å². The monoisotopic (exact) mass is 458 g/mol. The van der Waals surface area contributed by atoms with Gasteiger partial charge in [0.25, 0.3) is 0 Å². The number of halogens is 1. The predicted molar refractivity (Wildman–Crippen MR) is 118 cm³/mol. The summed E-state index contributed by atoms with van der Waals surface area (Å²) in [6, 6.07) is 14.5. The first kappa shape index (κ1) is 22.8. The Kier molecular flexibility index (Phi) is 7.18. The van der Waals surface area contributed by atoms with Crippen LogP contribution in [-0.2, 0) is 21.3 Å². The predicted octanol–water partition coefficient (Wildman–Crippen LogP) is 1.95. The van der Waals surface area contributed by atoms with Crippen molar-refractivity contribution in [3.05, 3.63) is 65.5 Å². The van der Waals surface area contributed by atoms with Crippen molar-refractivity contribution in [2.45, 2.75) is 30.1 Å². The first-order valence-corrected chi connectivity index (χ1v) is 12.2. The molecule has 0 aliphatic carbocycles. The van der Waals surface area contributed by atoms with E-state index in [1.165, 1.54) is 36.4 Å². The van der Waals surface area contributed by atoms with Crippen LogP contribution in [0.3, 0.4) is 0 Å². The minimum absolute atomic E-state index is 0.123. The van der Waals surface area contributed by atoms with Gasteiger partial charge in [0.05, 0.1) is 28.7 Å². The molecule has 2 aliphatic heterocycles. The van der Waals surface area contributed by atoms with E-state index >= 15 is 0 Å². The van der Waals surface area contributed by atoms with Crippen LogP contribution in [0.1, 0.15) is 17.5 Å². The zero-order chi connectivity index (χ0) is 22.6. The molecule has 1 N–H and O–H groups in total. The summed E-state index contributed by atoms with van der Waals surface area (Å²) in [7, 11) is -3.58. The van der Waals surface area contributed by atoms with Gasteiger partial charge in [0, 0.05) is 39.3 Å². The highest BCUT2D eigenvalue weighted by Gasteiger charge is 2.34. The van der Waals surface area contributed by atoms with Gasteiger partial charge in [-0.3, -0.25) is 9.80 Å². The number of fused-ring (bicyclic) bond motifs is 2. The molecular formula is C23H27FN4O3S. The van der Waals surface area contributed by atoms with E-state index in [2.05, 4.69) is 14.5 Å². The maximum absolute atomic E-state index is 13.1. The van der Waals surface area contributed by atoms with E-state index in [1.54, 1.807) is 0 Å². The normalized spacial score (nSPS) is 21.9. The second-order valence-electron chi connectivity index (χ2n) is 8.35. The lowest BCUT2D eigenvalue weighted by atomic mass is 10.1. The average Bonchev–Trinajstić information content (AvgIpc) is 2.78. The Balaban J connectivity index is 1.21. The van der Waals surface area contributed by atoms with Crippen LogP contribution in [0.25, 0.3) is 0 Å². The molecule has 2 aromatic carbocycles. The molecule has 4 rings (SSSR count). The van der Waals surface area contributed by atoms with E-state index in [1.807, 2.05) is 18.2 Å². The molecule has 2 aromatic rings. The third-order valence-corrected chi connectivity index (χ3v) is 7.27. The molecule has 2 atom stereocenters. The molecule has 170 valence electrons. The summed E-state index contributed by atoms with van der Waals surface area (Å²) < 4.78 is 46.6. The molecule has 0 aromatic heterocycles. The second kappa shape index (κ2) is 10.1. The quantitative estimate of drug-likeness (QED) is 0.609. The number of rotatable bonds is 8. The van der Waals surface area contributed by atoms with Crippen molar-refractivity contribution < 1.29 is 17.5 Å². The number of nitrogens with one attached hydrogen (secondary N) is 1. The van der Waals surface area contributed by atoms with Gasteiger partial charge in [-0.05, 0) is 54.9 Å². The second-order valence-corrected chi connectivity index (χ2v) is 10.1. The van der Waals surface area contributed by atoms with Crippen molar-refractivity contribution in [2.75, 3.05) is 39.3 Å². The molecule has 2 heterocycles. The fraction of sp³-hybridized carbons (Fsp3) is 0.435. The molecule has 0 spiro atoms. The van der Waals surface area contributed by atoms with Gasteiger partial charge < -0.3 is 4.74 Å². The van der Waals surface area contributed by atoms with E-state index in [9.17, 15) is 12.8 Å². The Morgan fingerprint density at radius 3 is 2.25 bits per heavy atom. The summed E-state index contributed by atoms with van der Waals surface area (Å²) in [5.41, 5.74) is 1.52. The van der Waals surface area contributed by atoms with Crippen LogP contribution >= 0.6 is 0 Å². The number of hydrogen-bond acceptors (Lipinski definition) is 6. The van der Waals surface area contributed by atoms with Crippen molar-refractivity contribution in [2.24, 2.45) is 0 Å². The standard InChI is InChI=1S/C23H27FN4O3S/c24-20-6-2-19(3-7-20)13-28-16-21-14-27(15-22(17-28)31-21)11-1-10-26-32(29,30)23-8-4-18(12-25)5-9-23/h2-9,21-22,26H,1,10-11,13-17H2. The van der Waals surface area contributed by atoms with Crippen molar-refractivity contribution >= 4 is 10.0 Å². The van der Waals surface area contributed by atoms with Gasteiger partial charge in [-0.2, -0.15) is 5.26 Å². The van der Waals surface area contributed by atoms with Gasteiger partial charge in [0.1, 0.15) is 5.82 Å². The average molecular weight is 459 g/mol. The zero-order valence-corrected chi connectivity index (χ0v) is 18.6. The molecule has 2 saturated heterocycles. The van der Waals surface area contributed by atoms with Crippen LogP contribution in [0.15, 0.2) is 53.4 Å². The molecule has 0 saturated carbocycles. The molecule has 2 unspecified atom stereocenters. The highest BCUT2D eigenvalue weighted by molar-refractivity contribution is 7.89. The summed E-state index contributed by atoms with van der Waals surface area (Å²) >= 11 is 0. The van der Waals surface area contributed by atoms with Crippen LogP contribution < -0.4 is 4.72 Å². The van der Waals surface area contributed by atoms with Gasteiger partial charge in [-0.15, -0.1) is 0 Å². The first-order valence-electron chi connectivity index (χ1n) is 10.8. The molecule has 2 bridgehead atoms. The first-order chi connectivity index (χ1) is 15.4. The van der Waals surface area contributed by atoms with E-state index < -0.39 is 10.0 Å². The van der Waals surface area contributed by atoms with Gasteiger partial charge in [-0.25, -0.2) is 17.5 Å². The van der Waals surface area contributed by atoms with Crippen molar-refractivity contribution in [1.29, 1.82) is 5.26 Å². The summed E-state index contributed by atoms with van der Waals surface area (Å²) in [4.78, 5) is 4.86. The fourth-order valence-corrected chi connectivity index (χ4v) is 5.40. The summed E-state index contributed by atoms with van der Waals surface area (Å²) in [5, 5.41) is 8.83. The third-order valence-electron chi connectivity index (χ3n) is 5.79. The van der Waals surface area contributed by atoms with Crippen LogP contribution in [0, 0.1) is 17.1 Å². The van der Waals surface area contributed by atoms with E-state index in [-0.39, 0.29) is 22.9 Å². The maximum atomic E-state index is 13.1. The maximum Gasteiger partial charge on any atom is 0.240 e. The smallest absolute Gasteiger partial charge is 0.240 e. The Bertz CT molecular complexity index is 1040. The number of nitrogens with zero attached hydrogens (tertiary/aromatic N) is 3. The number of sulfonamides is 1. The molecule has 0 amide bonds. The Hall–Kier alpha value is -2.35. The van der Waals surface area contributed by atoms with Crippen molar-refractivity contribution in [3.63, 3.8) is 0 Å². The minimum Gasteiger partial charge on any atom is -0.370 e. The number of hydrogen-bond donors (Lipinski definition) is 1. The highest BCUT2D eigenvalue weighted by Crippen LogP contribution is 2.21. The lowest BCUT2D eigenvalue weighted by Crippen LogP contribution is -2.59. The number of ether oxygens (including phenoxy) is 1. The van der Waals surface area contributed by atoms with Crippen LogP contribution in [0.5, 0.6) is 0 Å². The number of benzene rings is 2. The molecule has 0 radical (unpaired) electrons. The zero-order valence-electron chi connectivity index (χ0n) is 17.8. The summed E-state index contributed by atoms with van der Waals surface area (Å²) in [5.74, 6) is -0.220. The van der Waals surface area contributed by atoms with Gasteiger partial charge >= 0.3 is 0 Å². The van der Waals surface area contributed by atoms with Crippen LogP contribution in [0.4, 0.5) is 4.39 Å².